The molecule has 6 nitrogen and oxygen atoms in total. The SMILES string of the molecule is C=C(N/C=C/CCC(C)/C(=C/C(O)=C(\C)C(=O)CC)OC=O)OC. The summed E-state index contributed by atoms with van der Waals surface area (Å²) < 4.78 is 9.81. The average Bonchev–Trinajstić information content (AvgIpc) is 2.58. The highest BCUT2D eigenvalue weighted by atomic mass is 16.5. The van der Waals surface area contributed by atoms with Gasteiger partial charge in [0.2, 0.25) is 0 Å². The van der Waals surface area contributed by atoms with E-state index >= 15 is 0 Å². The van der Waals surface area contributed by atoms with Crippen molar-refractivity contribution < 1.29 is 24.2 Å². The lowest BCUT2D eigenvalue weighted by molar-refractivity contribution is -0.125. The number of aliphatic hydroxyl groups excluding tert-OH is 1. The van der Waals surface area contributed by atoms with Crippen LogP contribution in [-0.4, -0.2) is 24.5 Å². The first-order chi connectivity index (χ1) is 11.4. The summed E-state index contributed by atoms with van der Waals surface area (Å²) >= 11 is 0. The molecular weight excluding hydrogens is 310 g/mol. The minimum Gasteiger partial charge on any atom is -0.507 e. The Hall–Kier alpha value is -2.50. The normalized spacial score (nSPS) is 13.9. The highest BCUT2D eigenvalue weighted by Crippen LogP contribution is 2.20. The van der Waals surface area contributed by atoms with Gasteiger partial charge in [-0.05, 0) is 32.5 Å². The molecular formula is C18H27NO5. The van der Waals surface area contributed by atoms with Crippen LogP contribution in [0.4, 0.5) is 0 Å². The van der Waals surface area contributed by atoms with Gasteiger partial charge in [0.15, 0.2) is 11.7 Å². The molecule has 0 aliphatic heterocycles. The van der Waals surface area contributed by atoms with E-state index in [1.54, 1.807) is 13.1 Å². The van der Waals surface area contributed by atoms with Gasteiger partial charge in [0.25, 0.3) is 6.47 Å². The molecule has 1 unspecified atom stereocenters. The van der Waals surface area contributed by atoms with Crippen molar-refractivity contribution >= 4 is 12.3 Å². The van der Waals surface area contributed by atoms with Crippen molar-refractivity contribution in [2.24, 2.45) is 5.92 Å². The third-order valence-corrected chi connectivity index (χ3v) is 3.45. The maximum atomic E-state index is 11.6. The number of aliphatic hydroxyl groups is 1. The molecule has 1 atom stereocenters. The zero-order valence-corrected chi connectivity index (χ0v) is 14.8. The number of ether oxygens (including phenoxy) is 2. The largest absolute Gasteiger partial charge is 0.507 e. The summed E-state index contributed by atoms with van der Waals surface area (Å²) in [5.74, 6) is 0.300. The van der Waals surface area contributed by atoms with E-state index in [2.05, 4.69) is 11.9 Å². The third-order valence-electron chi connectivity index (χ3n) is 3.45. The molecule has 0 aromatic rings. The van der Waals surface area contributed by atoms with E-state index in [0.29, 0.717) is 37.4 Å². The second kappa shape index (κ2) is 12.0. The number of allylic oxidation sites excluding steroid dienone is 4. The Balaban J connectivity index is 4.86. The van der Waals surface area contributed by atoms with Gasteiger partial charge >= 0.3 is 0 Å². The summed E-state index contributed by atoms with van der Waals surface area (Å²) in [4.78, 5) is 22.3. The van der Waals surface area contributed by atoms with Gasteiger partial charge in [-0.2, -0.15) is 0 Å². The van der Waals surface area contributed by atoms with E-state index in [0.717, 1.165) is 0 Å². The highest BCUT2D eigenvalue weighted by Gasteiger charge is 2.13. The maximum absolute atomic E-state index is 11.6. The number of hydrogen-bond acceptors (Lipinski definition) is 6. The quantitative estimate of drug-likeness (QED) is 0.245. The van der Waals surface area contributed by atoms with Crippen LogP contribution in [0.15, 0.2) is 47.9 Å². The fraction of sp³-hybridized carbons (Fsp3) is 0.444. The van der Waals surface area contributed by atoms with Crippen molar-refractivity contribution in [3.05, 3.63) is 47.9 Å². The van der Waals surface area contributed by atoms with Gasteiger partial charge in [-0.1, -0.05) is 19.9 Å². The first-order valence-corrected chi connectivity index (χ1v) is 7.76. The van der Waals surface area contributed by atoms with E-state index in [1.807, 2.05) is 13.0 Å². The molecule has 24 heavy (non-hydrogen) atoms. The molecule has 0 bridgehead atoms. The number of carbonyl (C=O) groups is 2. The number of nitrogens with one attached hydrogen (secondary N) is 1. The van der Waals surface area contributed by atoms with E-state index < -0.39 is 0 Å². The second-order valence-corrected chi connectivity index (χ2v) is 5.20. The molecule has 0 aliphatic carbocycles. The fourth-order valence-electron chi connectivity index (χ4n) is 1.78. The molecule has 0 saturated heterocycles. The first-order valence-electron chi connectivity index (χ1n) is 7.76. The van der Waals surface area contributed by atoms with Crippen LogP contribution in [0.2, 0.25) is 0 Å². The van der Waals surface area contributed by atoms with E-state index in [1.165, 1.54) is 20.1 Å². The third kappa shape index (κ3) is 8.22. The standard InChI is InChI=1S/C18H27NO5/c1-6-16(21)14(3)17(22)11-18(24-12-20)13(2)9-7-8-10-19-15(4)23-5/h8,10-13,19,22H,4,6-7,9H2,1-3,5H3/b10-8+,17-14-,18-11-. The van der Waals surface area contributed by atoms with Crippen molar-refractivity contribution in [2.45, 2.75) is 40.0 Å². The van der Waals surface area contributed by atoms with Gasteiger partial charge in [0.1, 0.15) is 11.5 Å². The molecule has 0 aliphatic rings. The smallest absolute Gasteiger partial charge is 0.298 e. The lowest BCUT2D eigenvalue weighted by Gasteiger charge is -2.13. The van der Waals surface area contributed by atoms with Crippen LogP contribution in [0.1, 0.15) is 40.0 Å². The summed E-state index contributed by atoms with van der Waals surface area (Å²) in [5.41, 5.74) is 0.249. The van der Waals surface area contributed by atoms with E-state index in [-0.39, 0.29) is 23.0 Å². The second-order valence-electron chi connectivity index (χ2n) is 5.20. The summed E-state index contributed by atoms with van der Waals surface area (Å²) in [6.45, 7) is 9.05. The monoisotopic (exact) mass is 337 g/mol. The van der Waals surface area contributed by atoms with Crippen LogP contribution >= 0.6 is 0 Å². The average molecular weight is 337 g/mol. The molecule has 0 saturated carbocycles. The van der Waals surface area contributed by atoms with E-state index in [9.17, 15) is 14.7 Å². The van der Waals surface area contributed by atoms with Crippen LogP contribution in [0.5, 0.6) is 0 Å². The topological polar surface area (TPSA) is 84.9 Å². The van der Waals surface area contributed by atoms with Gasteiger partial charge in [-0.3, -0.25) is 9.59 Å². The number of rotatable bonds is 12. The number of carbonyl (C=O) groups excluding carboxylic acids is 2. The van der Waals surface area contributed by atoms with Crippen molar-refractivity contribution in [2.75, 3.05) is 7.11 Å². The lowest BCUT2D eigenvalue weighted by atomic mass is 10.0. The maximum Gasteiger partial charge on any atom is 0.298 e. The highest BCUT2D eigenvalue weighted by molar-refractivity contribution is 5.95. The lowest BCUT2D eigenvalue weighted by Crippen LogP contribution is -2.06. The molecule has 0 fully saturated rings. The Morgan fingerprint density at radius 3 is 2.62 bits per heavy atom. The zero-order chi connectivity index (χ0) is 18.5. The molecule has 0 amide bonds. The van der Waals surface area contributed by atoms with Gasteiger partial charge in [-0.15, -0.1) is 0 Å². The van der Waals surface area contributed by atoms with Crippen molar-refractivity contribution in [3.8, 4) is 0 Å². The van der Waals surface area contributed by atoms with Crippen LogP contribution < -0.4 is 5.32 Å². The number of methoxy groups -OCH3 is 1. The van der Waals surface area contributed by atoms with Crippen LogP contribution in [0.25, 0.3) is 0 Å². The van der Waals surface area contributed by atoms with E-state index in [4.69, 9.17) is 9.47 Å². The summed E-state index contributed by atoms with van der Waals surface area (Å²) in [5, 5.41) is 12.8. The number of ketones is 1. The molecule has 0 aromatic heterocycles. The van der Waals surface area contributed by atoms with Gasteiger partial charge < -0.3 is 19.9 Å². The number of Topliss-reactive ketones (excluding diaryl/α,β-unsaturated/α-hetero) is 1. The summed E-state index contributed by atoms with van der Waals surface area (Å²) in [7, 11) is 1.52. The van der Waals surface area contributed by atoms with Crippen LogP contribution in [0.3, 0.4) is 0 Å². The summed E-state index contributed by atoms with van der Waals surface area (Å²) in [6, 6.07) is 0. The molecule has 0 spiro atoms. The molecule has 6 heteroatoms. The van der Waals surface area contributed by atoms with Crippen LogP contribution in [-0.2, 0) is 19.1 Å². The fourth-order valence-corrected chi connectivity index (χ4v) is 1.78. The van der Waals surface area contributed by atoms with Crippen LogP contribution in [0, 0.1) is 5.92 Å². The summed E-state index contributed by atoms with van der Waals surface area (Å²) in [6.07, 6.45) is 6.63. The minimum atomic E-state index is -0.181. The molecule has 2 N–H and O–H groups in total. The molecule has 0 aromatic carbocycles. The van der Waals surface area contributed by atoms with Crippen molar-refractivity contribution in [1.29, 1.82) is 0 Å². The Morgan fingerprint density at radius 2 is 2.08 bits per heavy atom. The van der Waals surface area contributed by atoms with Crippen molar-refractivity contribution in [1.82, 2.24) is 5.32 Å². The molecule has 134 valence electrons. The molecule has 0 radical (unpaired) electrons. The van der Waals surface area contributed by atoms with Gasteiger partial charge in [-0.25, -0.2) is 0 Å². The van der Waals surface area contributed by atoms with Crippen molar-refractivity contribution in [3.63, 3.8) is 0 Å². The predicted octanol–water partition coefficient (Wildman–Crippen LogP) is 3.49. The molecule has 0 rings (SSSR count). The van der Waals surface area contributed by atoms with Gasteiger partial charge in [0, 0.05) is 24.0 Å². The Labute approximate surface area is 143 Å². The predicted molar refractivity (Wildman–Crippen MR) is 92.7 cm³/mol. The molecule has 0 heterocycles. The Bertz CT molecular complexity index is 532. The zero-order valence-electron chi connectivity index (χ0n) is 14.8. The van der Waals surface area contributed by atoms with Gasteiger partial charge in [0.05, 0.1) is 7.11 Å². The first kappa shape index (κ1) is 21.5. The number of hydrogen-bond donors (Lipinski definition) is 2. The Morgan fingerprint density at radius 1 is 1.42 bits per heavy atom. The Kier molecular flexibility index (Phi) is 10.7. The minimum absolute atomic E-state index is 0.114.